The molecule has 5 rings (SSSR count). The lowest BCUT2D eigenvalue weighted by molar-refractivity contribution is -0.213. The number of hydrogen-bond donors (Lipinski definition) is 0. The van der Waals surface area contributed by atoms with Gasteiger partial charge >= 0.3 is 0 Å². The lowest BCUT2D eigenvalue weighted by atomic mass is 9.34. The van der Waals surface area contributed by atoms with E-state index in [1.807, 2.05) is 6.92 Å². The second-order valence-electron chi connectivity index (χ2n) is 9.17. The number of hydrogen-bond acceptors (Lipinski definition) is 3. The van der Waals surface area contributed by atoms with Crippen molar-refractivity contribution >= 4 is 11.6 Å². The summed E-state index contributed by atoms with van der Waals surface area (Å²) in [7, 11) is 0. The number of ether oxygens (including phenoxy) is 1. The minimum Gasteiger partial charge on any atom is -0.490 e. The highest BCUT2D eigenvalue weighted by molar-refractivity contribution is 6.00. The molecule has 0 radical (unpaired) electrons. The van der Waals surface area contributed by atoms with Gasteiger partial charge in [-0.1, -0.05) is 18.6 Å². The highest BCUT2D eigenvalue weighted by atomic mass is 16.5. The van der Waals surface area contributed by atoms with Crippen LogP contribution < -0.4 is 0 Å². The van der Waals surface area contributed by atoms with Crippen LogP contribution in [0.25, 0.3) is 0 Å². The average molecular weight is 328 g/mol. The van der Waals surface area contributed by atoms with Gasteiger partial charge < -0.3 is 4.74 Å². The van der Waals surface area contributed by atoms with Crippen LogP contribution in [-0.2, 0) is 14.3 Å². The minimum absolute atomic E-state index is 0.0652. The van der Waals surface area contributed by atoms with E-state index in [0.717, 1.165) is 25.7 Å². The number of fused-ring (bicyclic) bond motifs is 2. The molecular formula is C21H28O3. The Morgan fingerprint density at radius 1 is 1.29 bits per heavy atom. The van der Waals surface area contributed by atoms with E-state index in [-0.39, 0.29) is 17.1 Å². The Kier molecular flexibility index (Phi) is 3.24. The molecule has 24 heavy (non-hydrogen) atoms. The van der Waals surface area contributed by atoms with Crippen molar-refractivity contribution in [1.82, 2.24) is 0 Å². The van der Waals surface area contributed by atoms with Crippen molar-refractivity contribution < 1.29 is 14.3 Å². The molecule has 2 bridgehead atoms. The molecule has 3 heteroatoms. The molecule has 3 aliphatic carbocycles. The number of carbonyl (C=O) groups is 2. The lowest BCUT2D eigenvalue weighted by Crippen LogP contribution is -2.70. The third kappa shape index (κ3) is 1.84. The van der Waals surface area contributed by atoms with Gasteiger partial charge in [0.15, 0.2) is 11.6 Å². The molecule has 2 aliphatic heterocycles. The molecule has 2 saturated heterocycles. The summed E-state index contributed by atoms with van der Waals surface area (Å²) in [5.41, 5.74) is 0.509. The first-order valence-electron chi connectivity index (χ1n) is 9.33. The van der Waals surface area contributed by atoms with Crippen molar-refractivity contribution in [2.45, 2.75) is 71.8 Å². The van der Waals surface area contributed by atoms with Gasteiger partial charge in [0.1, 0.15) is 11.4 Å². The van der Waals surface area contributed by atoms with E-state index in [1.54, 1.807) is 6.08 Å². The third-order valence-corrected chi connectivity index (χ3v) is 7.35. The van der Waals surface area contributed by atoms with Gasteiger partial charge in [-0.3, -0.25) is 9.59 Å². The number of Topliss-reactive ketones (excluding diaryl/α,β-unsaturated/α-hetero) is 1. The van der Waals surface area contributed by atoms with Gasteiger partial charge in [0.05, 0.1) is 5.41 Å². The molecule has 5 aliphatic rings. The number of carbonyl (C=O) groups excluding carboxylic acids is 2. The van der Waals surface area contributed by atoms with E-state index >= 15 is 0 Å². The van der Waals surface area contributed by atoms with Gasteiger partial charge in [0, 0.05) is 18.9 Å². The second kappa shape index (κ2) is 4.83. The molecule has 2 heterocycles. The normalized spacial score (nSPS) is 45.6. The summed E-state index contributed by atoms with van der Waals surface area (Å²) in [4.78, 5) is 25.5. The Morgan fingerprint density at radius 3 is 2.75 bits per heavy atom. The summed E-state index contributed by atoms with van der Waals surface area (Å²) in [6.45, 7) is 8.61. The Hall–Kier alpha value is -1.38. The van der Waals surface area contributed by atoms with Crippen molar-refractivity contribution in [1.29, 1.82) is 0 Å². The molecule has 0 N–H and O–H groups in total. The smallest absolute Gasteiger partial charge is 0.159 e. The van der Waals surface area contributed by atoms with Crippen LogP contribution in [0.1, 0.15) is 66.2 Å². The maximum Gasteiger partial charge on any atom is 0.159 e. The first-order chi connectivity index (χ1) is 11.2. The average Bonchev–Trinajstić information content (AvgIpc) is 2.65. The molecule has 0 amide bonds. The summed E-state index contributed by atoms with van der Waals surface area (Å²) >= 11 is 0. The Labute approximate surface area is 144 Å². The standard InChI is InChI=1S/C21H28O3/c1-13(2)6-5-8-20(4)15-7-9-19(3)12-17(23)21(15)16(20)10-14(22)11-18(21)24-19/h6,11,15-16H,5,7-10,12H2,1-4H3/t15-,16+,19-,20+,21?/m0/s1. The molecule has 0 aromatic rings. The van der Waals surface area contributed by atoms with Crippen molar-refractivity contribution in [2.24, 2.45) is 22.7 Å². The molecule has 3 nitrogen and oxygen atoms in total. The summed E-state index contributed by atoms with van der Waals surface area (Å²) in [5, 5.41) is 0. The van der Waals surface area contributed by atoms with Crippen LogP contribution >= 0.6 is 0 Å². The van der Waals surface area contributed by atoms with E-state index < -0.39 is 11.0 Å². The molecular weight excluding hydrogens is 300 g/mol. The number of ketones is 2. The van der Waals surface area contributed by atoms with Gasteiger partial charge in [-0.2, -0.15) is 0 Å². The maximum atomic E-state index is 13.2. The van der Waals surface area contributed by atoms with E-state index in [1.165, 1.54) is 5.57 Å². The molecule has 5 atom stereocenters. The Bertz CT molecular complexity index is 683. The molecule has 4 fully saturated rings. The Morgan fingerprint density at radius 2 is 2.04 bits per heavy atom. The van der Waals surface area contributed by atoms with Gasteiger partial charge in [-0.15, -0.1) is 0 Å². The van der Waals surface area contributed by atoms with Crippen LogP contribution in [-0.4, -0.2) is 17.2 Å². The summed E-state index contributed by atoms with van der Waals surface area (Å²) < 4.78 is 6.28. The van der Waals surface area contributed by atoms with E-state index in [9.17, 15) is 9.59 Å². The van der Waals surface area contributed by atoms with Crippen molar-refractivity contribution in [3.05, 3.63) is 23.5 Å². The number of rotatable bonds is 3. The van der Waals surface area contributed by atoms with Crippen LogP contribution in [0.2, 0.25) is 0 Å². The van der Waals surface area contributed by atoms with Crippen LogP contribution in [0.15, 0.2) is 23.5 Å². The van der Waals surface area contributed by atoms with Crippen molar-refractivity contribution in [3.63, 3.8) is 0 Å². The van der Waals surface area contributed by atoms with Crippen molar-refractivity contribution in [3.8, 4) is 0 Å². The van der Waals surface area contributed by atoms with E-state index in [2.05, 4.69) is 26.8 Å². The predicted octanol–water partition coefficient (Wildman–Crippen LogP) is 4.37. The van der Waals surface area contributed by atoms with Gasteiger partial charge in [-0.05, 0) is 63.7 Å². The molecule has 130 valence electrons. The van der Waals surface area contributed by atoms with Gasteiger partial charge in [-0.25, -0.2) is 0 Å². The number of allylic oxidation sites excluding steroid dienone is 4. The maximum absolute atomic E-state index is 13.2. The molecule has 0 aromatic heterocycles. The lowest BCUT2D eigenvalue weighted by Gasteiger charge is -2.68. The monoisotopic (exact) mass is 328 g/mol. The van der Waals surface area contributed by atoms with Crippen LogP contribution in [0.4, 0.5) is 0 Å². The van der Waals surface area contributed by atoms with Crippen molar-refractivity contribution in [2.75, 3.05) is 0 Å². The van der Waals surface area contributed by atoms with E-state index in [0.29, 0.717) is 30.3 Å². The van der Waals surface area contributed by atoms with E-state index in [4.69, 9.17) is 4.74 Å². The first kappa shape index (κ1) is 16.1. The largest absolute Gasteiger partial charge is 0.490 e. The summed E-state index contributed by atoms with van der Waals surface area (Å²) in [6.07, 6.45) is 9.00. The zero-order valence-electron chi connectivity index (χ0n) is 15.3. The van der Waals surface area contributed by atoms with Gasteiger partial charge in [0.2, 0.25) is 0 Å². The fourth-order valence-corrected chi connectivity index (χ4v) is 6.29. The second-order valence-corrected chi connectivity index (χ2v) is 9.17. The van der Waals surface area contributed by atoms with Crippen LogP contribution in [0.3, 0.4) is 0 Å². The zero-order valence-corrected chi connectivity index (χ0v) is 15.3. The van der Waals surface area contributed by atoms with Gasteiger partial charge in [0.25, 0.3) is 0 Å². The predicted molar refractivity (Wildman–Crippen MR) is 92.2 cm³/mol. The van der Waals surface area contributed by atoms with Crippen LogP contribution in [0, 0.1) is 22.7 Å². The summed E-state index contributed by atoms with van der Waals surface area (Å²) in [6, 6.07) is 0. The topological polar surface area (TPSA) is 43.4 Å². The summed E-state index contributed by atoms with van der Waals surface area (Å²) in [5.74, 6) is 1.64. The minimum atomic E-state index is -0.482. The fourth-order valence-electron chi connectivity index (χ4n) is 6.29. The highest BCUT2D eigenvalue weighted by Crippen LogP contribution is 2.76. The fraction of sp³-hybridized carbons (Fsp3) is 0.714. The molecule has 0 aromatic carbocycles. The molecule has 1 unspecified atom stereocenters. The molecule has 2 saturated carbocycles. The molecule has 1 spiro atoms. The highest BCUT2D eigenvalue weighted by Gasteiger charge is 2.77. The quantitative estimate of drug-likeness (QED) is 0.723. The first-order valence-corrected chi connectivity index (χ1v) is 9.33. The van der Waals surface area contributed by atoms with Crippen LogP contribution in [0.5, 0.6) is 0 Å². The third-order valence-electron chi connectivity index (χ3n) is 7.35. The zero-order chi connectivity index (χ0) is 17.3. The SMILES string of the molecule is CC(C)=CCC[C@]1(C)[C@@H]2CC[C@@]3(C)CC(=O)C24C(=CC(=O)C[C@@H]41)O3. The Balaban J connectivity index is 1.77.